The molecule has 1 atom stereocenters. The minimum absolute atomic E-state index is 0.0175. The SMILES string of the molecule is Nc1cc2ccccc2c(=O)n1C1CCOC1. The van der Waals surface area contributed by atoms with Crippen LogP contribution >= 0.6 is 0 Å². The Morgan fingerprint density at radius 3 is 2.94 bits per heavy atom. The second-order valence-corrected chi connectivity index (χ2v) is 4.35. The fourth-order valence-corrected chi connectivity index (χ4v) is 2.40. The number of ether oxygens (including phenoxy) is 1. The van der Waals surface area contributed by atoms with Gasteiger partial charge in [0.25, 0.3) is 5.56 Å². The van der Waals surface area contributed by atoms with Crippen LogP contribution in [0.1, 0.15) is 12.5 Å². The van der Waals surface area contributed by atoms with Gasteiger partial charge in [0.1, 0.15) is 5.82 Å². The fourth-order valence-electron chi connectivity index (χ4n) is 2.40. The van der Waals surface area contributed by atoms with E-state index in [1.807, 2.05) is 30.3 Å². The largest absolute Gasteiger partial charge is 0.385 e. The first kappa shape index (κ1) is 10.4. The van der Waals surface area contributed by atoms with Crippen LogP contribution in [0.2, 0.25) is 0 Å². The van der Waals surface area contributed by atoms with Gasteiger partial charge in [0.15, 0.2) is 0 Å². The molecule has 2 heterocycles. The number of fused-ring (bicyclic) bond motifs is 1. The summed E-state index contributed by atoms with van der Waals surface area (Å²) in [5.74, 6) is 0.518. The number of hydrogen-bond acceptors (Lipinski definition) is 3. The van der Waals surface area contributed by atoms with Gasteiger partial charge in [-0.15, -0.1) is 0 Å². The van der Waals surface area contributed by atoms with Crippen LogP contribution in [0, 0.1) is 0 Å². The van der Waals surface area contributed by atoms with Gasteiger partial charge in [-0.25, -0.2) is 0 Å². The zero-order chi connectivity index (χ0) is 11.8. The van der Waals surface area contributed by atoms with E-state index in [4.69, 9.17) is 10.5 Å². The number of rotatable bonds is 1. The number of nitrogen functional groups attached to an aromatic ring is 1. The van der Waals surface area contributed by atoms with E-state index in [1.54, 1.807) is 4.57 Å². The third kappa shape index (κ3) is 1.61. The lowest BCUT2D eigenvalue weighted by Gasteiger charge is -2.16. The molecule has 0 radical (unpaired) electrons. The Hall–Kier alpha value is -1.81. The van der Waals surface area contributed by atoms with Crippen LogP contribution in [0.4, 0.5) is 5.82 Å². The Labute approximate surface area is 98.6 Å². The van der Waals surface area contributed by atoms with Crippen LogP contribution in [0.5, 0.6) is 0 Å². The average Bonchev–Trinajstić information content (AvgIpc) is 2.83. The fraction of sp³-hybridized carbons (Fsp3) is 0.308. The molecule has 0 saturated carbocycles. The van der Waals surface area contributed by atoms with Gasteiger partial charge in [0.05, 0.1) is 12.6 Å². The van der Waals surface area contributed by atoms with E-state index in [-0.39, 0.29) is 11.6 Å². The maximum Gasteiger partial charge on any atom is 0.260 e. The molecule has 17 heavy (non-hydrogen) atoms. The Bertz CT molecular complexity index is 612. The molecule has 2 N–H and O–H groups in total. The number of hydrogen-bond donors (Lipinski definition) is 1. The standard InChI is InChI=1S/C13H14N2O2/c14-12-7-9-3-1-2-4-11(9)13(16)15(12)10-5-6-17-8-10/h1-4,7,10H,5-6,8,14H2. The van der Waals surface area contributed by atoms with Gasteiger partial charge in [-0.3, -0.25) is 9.36 Å². The summed E-state index contributed by atoms with van der Waals surface area (Å²) in [7, 11) is 0. The van der Waals surface area contributed by atoms with E-state index >= 15 is 0 Å². The number of anilines is 1. The van der Waals surface area contributed by atoms with Crippen molar-refractivity contribution >= 4 is 16.6 Å². The molecule has 4 heteroatoms. The van der Waals surface area contributed by atoms with Crippen LogP contribution in [0.15, 0.2) is 35.1 Å². The van der Waals surface area contributed by atoms with E-state index in [2.05, 4.69) is 0 Å². The lowest BCUT2D eigenvalue weighted by molar-refractivity contribution is 0.186. The molecule has 0 amide bonds. The molecule has 4 nitrogen and oxygen atoms in total. The first-order chi connectivity index (χ1) is 8.27. The predicted molar refractivity (Wildman–Crippen MR) is 67.1 cm³/mol. The molecule has 1 aromatic heterocycles. The van der Waals surface area contributed by atoms with Gasteiger partial charge in [-0.05, 0) is 23.9 Å². The summed E-state index contributed by atoms with van der Waals surface area (Å²) < 4.78 is 6.98. The number of benzene rings is 1. The summed E-state index contributed by atoms with van der Waals surface area (Å²) in [5, 5.41) is 1.61. The number of aromatic nitrogens is 1. The molecule has 2 aromatic rings. The van der Waals surface area contributed by atoms with Gasteiger partial charge in [0, 0.05) is 12.0 Å². The summed E-state index contributed by atoms with van der Waals surface area (Å²) in [4.78, 5) is 12.4. The first-order valence-electron chi connectivity index (χ1n) is 5.75. The normalized spacial score (nSPS) is 19.9. The highest BCUT2D eigenvalue weighted by atomic mass is 16.5. The van der Waals surface area contributed by atoms with E-state index in [0.717, 1.165) is 11.8 Å². The summed E-state index contributed by atoms with van der Waals surface area (Å²) >= 11 is 0. The molecule has 3 rings (SSSR count). The van der Waals surface area contributed by atoms with Crippen molar-refractivity contribution in [1.29, 1.82) is 0 Å². The number of pyridine rings is 1. The highest BCUT2D eigenvalue weighted by molar-refractivity contribution is 5.83. The second kappa shape index (κ2) is 3.89. The highest BCUT2D eigenvalue weighted by Gasteiger charge is 2.21. The molecule has 1 aliphatic heterocycles. The van der Waals surface area contributed by atoms with Crippen LogP contribution in [0.3, 0.4) is 0 Å². The molecule has 1 saturated heterocycles. The van der Waals surface area contributed by atoms with Crippen molar-refractivity contribution in [2.24, 2.45) is 0 Å². The van der Waals surface area contributed by atoms with Crippen molar-refractivity contribution in [3.8, 4) is 0 Å². The van der Waals surface area contributed by atoms with Gasteiger partial charge in [-0.1, -0.05) is 18.2 Å². The Morgan fingerprint density at radius 2 is 2.18 bits per heavy atom. The van der Waals surface area contributed by atoms with Crippen molar-refractivity contribution in [1.82, 2.24) is 4.57 Å². The summed E-state index contributed by atoms with van der Waals surface area (Å²) in [6.45, 7) is 1.27. The third-order valence-electron chi connectivity index (χ3n) is 3.26. The van der Waals surface area contributed by atoms with Crippen molar-refractivity contribution < 1.29 is 4.74 Å². The quantitative estimate of drug-likeness (QED) is 0.808. The van der Waals surface area contributed by atoms with Crippen LogP contribution in [-0.2, 0) is 4.74 Å². The van der Waals surface area contributed by atoms with E-state index in [9.17, 15) is 4.79 Å². The zero-order valence-electron chi connectivity index (χ0n) is 9.43. The first-order valence-corrected chi connectivity index (χ1v) is 5.75. The molecule has 1 aromatic carbocycles. The minimum Gasteiger partial charge on any atom is -0.385 e. The minimum atomic E-state index is -0.0175. The third-order valence-corrected chi connectivity index (χ3v) is 3.26. The van der Waals surface area contributed by atoms with Crippen LogP contribution in [-0.4, -0.2) is 17.8 Å². The monoisotopic (exact) mass is 230 g/mol. The van der Waals surface area contributed by atoms with Crippen molar-refractivity contribution in [3.05, 3.63) is 40.7 Å². The zero-order valence-corrected chi connectivity index (χ0v) is 9.43. The van der Waals surface area contributed by atoms with Gasteiger partial charge in [-0.2, -0.15) is 0 Å². The lowest BCUT2D eigenvalue weighted by Crippen LogP contribution is -2.27. The van der Waals surface area contributed by atoms with Crippen molar-refractivity contribution in [3.63, 3.8) is 0 Å². The Kier molecular flexibility index (Phi) is 2.37. The Balaban J connectivity index is 2.27. The lowest BCUT2D eigenvalue weighted by atomic mass is 10.1. The Morgan fingerprint density at radius 1 is 1.35 bits per heavy atom. The maximum absolute atomic E-state index is 12.4. The summed E-state index contributed by atoms with van der Waals surface area (Å²) in [5.41, 5.74) is 5.96. The molecule has 88 valence electrons. The van der Waals surface area contributed by atoms with E-state index in [0.29, 0.717) is 24.4 Å². The number of nitrogens with two attached hydrogens (primary N) is 1. The molecule has 1 fully saturated rings. The second-order valence-electron chi connectivity index (χ2n) is 4.35. The van der Waals surface area contributed by atoms with E-state index in [1.165, 1.54) is 0 Å². The maximum atomic E-state index is 12.4. The predicted octanol–water partition coefficient (Wildman–Crippen LogP) is 1.55. The molecule has 0 spiro atoms. The molecule has 1 unspecified atom stereocenters. The van der Waals surface area contributed by atoms with Crippen molar-refractivity contribution in [2.75, 3.05) is 18.9 Å². The topological polar surface area (TPSA) is 57.2 Å². The van der Waals surface area contributed by atoms with Crippen molar-refractivity contribution in [2.45, 2.75) is 12.5 Å². The van der Waals surface area contributed by atoms with Gasteiger partial charge < -0.3 is 10.5 Å². The molecule has 1 aliphatic rings. The summed E-state index contributed by atoms with van der Waals surface area (Å²) in [6.07, 6.45) is 0.850. The molecular formula is C13H14N2O2. The van der Waals surface area contributed by atoms with E-state index < -0.39 is 0 Å². The summed E-state index contributed by atoms with van der Waals surface area (Å²) in [6, 6.07) is 9.45. The smallest absolute Gasteiger partial charge is 0.260 e. The van der Waals surface area contributed by atoms with Gasteiger partial charge >= 0.3 is 0 Å². The highest BCUT2D eigenvalue weighted by Crippen LogP contribution is 2.22. The van der Waals surface area contributed by atoms with Crippen LogP contribution < -0.4 is 11.3 Å². The molecule has 0 bridgehead atoms. The molecular weight excluding hydrogens is 216 g/mol. The molecule has 0 aliphatic carbocycles. The van der Waals surface area contributed by atoms with Gasteiger partial charge in [0.2, 0.25) is 0 Å². The van der Waals surface area contributed by atoms with Crippen LogP contribution in [0.25, 0.3) is 10.8 Å². The number of nitrogens with zero attached hydrogens (tertiary/aromatic N) is 1. The average molecular weight is 230 g/mol.